The van der Waals surface area contributed by atoms with Crippen molar-refractivity contribution < 1.29 is 4.79 Å². The summed E-state index contributed by atoms with van der Waals surface area (Å²) < 4.78 is 0. The lowest BCUT2D eigenvalue weighted by molar-refractivity contribution is -0.104. The molecule has 0 spiro atoms. The van der Waals surface area contributed by atoms with Gasteiger partial charge in [-0.1, -0.05) is 44.2 Å². The van der Waals surface area contributed by atoms with Crippen molar-refractivity contribution in [1.29, 1.82) is 0 Å². The number of hydrogen-bond acceptors (Lipinski definition) is 1. The van der Waals surface area contributed by atoms with Crippen molar-refractivity contribution in [2.45, 2.75) is 33.6 Å². The highest BCUT2D eigenvalue weighted by Gasteiger charge is 2.14. The molecule has 1 nitrogen and oxygen atoms in total. The van der Waals surface area contributed by atoms with Gasteiger partial charge in [0.05, 0.1) is 0 Å². The van der Waals surface area contributed by atoms with Crippen LogP contribution in [0.4, 0.5) is 0 Å². The van der Waals surface area contributed by atoms with Crippen LogP contribution in [0.25, 0.3) is 17.2 Å². The summed E-state index contributed by atoms with van der Waals surface area (Å²) in [4.78, 5) is 10.5. The predicted molar refractivity (Wildman–Crippen MR) is 81.7 cm³/mol. The number of rotatable bonds is 3. The van der Waals surface area contributed by atoms with Gasteiger partial charge < -0.3 is 0 Å². The molecule has 0 fully saturated rings. The summed E-state index contributed by atoms with van der Waals surface area (Å²) in [5.74, 6) is 0.512. The number of aldehydes is 1. The van der Waals surface area contributed by atoms with Gasteiger partial charge in [0.15, 0.2) is 0 Å². The molecule has 0 N–H and O–H groups in total. The van der Waals surface area contributed by atoms with Crippen molar-refractivity contribution in [1.82, 2.24) is 0 Å². The van der Waals surface area contributed by atoms with Gasteiger partial charge in [0.25, 0.3) is 0 Å². The fraction of sp³-hybridized carbons (Fsp3) is 0.278. The average molecular weight is 252 g/mol. The molecule has 2 aliphatic carbocycles. The number of allylic oxidation sites excluding steroid dienone is 1. The lowest BCUT2D eigenvalue weighted by Crippen LogP contribution is -1.84. The van der Waals surface area contributed by atoms with Crippen LogP contribution in [0.15, 0.2) is 30.3 Å². The molecule has 0 radical (unpaired) electrons. The minimum atomic E-state index is 0.512. The van der Waals surface area contributed by atoms with E-state index in [-0.39, 0.29) is 0 Å². The Balaban J connectivity index is 2.70. The SMILES string of the molecule is Cc1cc(C=CC=O)c2c(C)ccc(C(C)C)cc1-2. The summed E-state index contributed by atoms with van der Waals surface area (Å²) in [5.41, 5.74) is 7.53. The Morgan fingerprint density at radius 1 is 1.05 bits per heavy atom. The van der Waals surface area contributed by atoms with Gasteiger partial charge in [-0.05, 0) is 59.2 Å². The summed E-state index contributed by atoms with van der Waals surface area (Å²) in [6, 6.07) is 8.81. The first-order valence-electron chi connectivity index (χ1n) is 6.70. The van der Waals surface area contributed by atoms with Crippen molar-refractivity contribution in [3.8, 4) is 11.1 Å². The van der Waals surface area contributed by atoms with E-state index in [1.165, 1.54) is 27.8 Å². The maximum Gasteiger partial charge on any atom is 0.142 e. The zero-order valence-electron chi connectivity index (χ0n) is 12.0. The van der Waals surface area contributed by atoms with E-state index in [1.807, 2.05) is 6.08 Å². The quantitative estimate of drug-likeness (QED) is 0.569. The smallest absolute Gasteiger partial charge is 0.142 e. The van der Waals surface area contributed by atoms with Crippen LogP contribution in [-0.2, 0) is 4.79 Å². The van der Waals surface area contributed by atoms with Crippen LogP contribution in [0.5, 0.6) is 0 Å². The maximum absolute atomic E-state index is 10.5. The van der Waals surface area contributed by atoms with E-state index in [1.54, 1.807) is 6.08 Å². The van der Waals surface area contributed by atoms with Gasteiger partial charge >= 0.3 is 0 Å². The summed E-state index contributed by atoms with van der Waals surface area (Å²) in [5, 5.41) is 0. The average Bonchev–Trinajstić information content (AvgIpc) is 2.55. The Labute approximate surface area is 115 Å². The number of carbonyl (C=O) groups is 1. The third kappa shape index (κ3) is 2.60. The second kappa shape index (κ2) is 5.40. The molecule has 1 heteroatoms. The van der Waals surface area contributed by atoms with E-state index >= 15 is 0 Å². The third-order valence-electron chi connectivity index (χ3n) is 3.61. The minimum Gasteiger partial charge on any atom is -0.299 e. The van der Waals surface area contributed by atoms with Crippen LogP contribution >= 0.6 is 0 Å². The second-order valence-electron chi connectivity index (χ2n) is 5.38. The molecule has 2 aliphatic rings. The Morgan fingerprint density at radius 2 is 1.79 bits per heavy atom. The number of fused-ring (bicyclic) bond motifs is 1. The Morgan fingerprint density at radius 3 is 2.42 bits per heavy atom. The van der Waals surface area contributed by atoms with Crippen LogP contribution in [-0.4, -0.2) is 6.29 Å². The zero-order chi connectivity index (χ0) is 14.0. The van der Waals surface area contributed by atoms with Gasteiger partial charge in [0.1, 0.15) is 6.29 Å². The standard InChI is InChI=1S/C18H20O/c1-12(2)15-8-7-13(3)18-16(6-5-9-19)10-14(4)17(18)11-15/h5-12H,1-4H3. The molecule has 0 saturated carbocycles. The summed E-state index contributed by atoms with van der Waals surface area (Å²) in [7, 11) is 0. The highest BCUT2D eigenvalue weighted by molar-refractivity contribution is 5.86. The van der Waals surface area contributed by atoms with Crippen molar-refractivity contribution in [2.75, 3.05) is 0 Å². The van der Waals surface area contributed by atoms with Crippen LogP contribution < -0.4 is 0 Å². The molecule has 0 aromatic heterocycles. The number of hydrogen-bond donors (Lipinski definition) is 0. The normalized spacial score (nSPS) is 11.6. The van der Waals surface area contributed by atoms with Crippen LogP contribution in [0.2, 0.25) is 0 Å². The molecule has 0 saturated heterocycles. The molecule has 0 aromatic carbocycles. The first-order valence-corrected chi connectivity index (χ1v) is 6.70. The zero-order valence-corrected chi connectivity index (χ0v) is 12.0. The molecule has 0 unspecified atom stereocenters. The maximum atomic E-state index is 10.5. The van der Waals surface area contributed by atoms with Crippen molar-refractivity contribution in [3.05, 3.63) is 52.6 Å². The Kier molecular flexibility index (Phi) is 3.84. The second-order valence-corrected chi connectivity index (χ2v) is 5.38. The van der Waals surface area contributed by atoms with Gasteiger partial charge in [-0.2, -0.15) is 0 Å². The molecule has 2 rings (SSSR count). The fourth-order valence-electron chi connectivity index (χ4n) is 2.51. The Hall–Kier alpha value is -1.89. The first-order chi connectivity index (χ1) is 9.04. The summed E-state index contributed by atoms with van der Waals surface area (Å²) in [6.45, 7) is 8.68. The van der Waals surface area contributed by atoms with Crippen LogP contribution in [0, 0.1) is 13.8 Å². The number of aryl methyl sites for hydroxylation is 2. The molecule has 19 heavy (non-hydrogen) atoms. The van der Waals surface area contributed by atoms with E-state index in [9.17, 15) is 4.79 Å². The van der Waals surface area contributed by atoms with Crippen molar-refractivity contribution >= 4 is 12.4 Å². The van der Waals surface area contributed by atoms with E-state index in [4.69, 9.17) is 0 Å². The van der Waals surface area contributed by atoms with Crippen LogP contribution in [0.3, 0.4) is 0 Å². The lowest BCUT2D eigenvalue weighted by Gasteiger charge is -2.04. The van der Waals surface area contributed by atoms with Crippen molar-refractivity contribution in [2.24, 2.45) is 0 Å². The Bertz CT molecular complexity index is 606. The summed E-state index contributed by atoms with van der Waals surface area (Å²) >= 11 is 0. The van der Waals surface area contributed by atoms with Crippen LogP contribution in [0.1, 0.15) is 42.0 Å². The van der Waals surface area contributed by atoms with Gasteiger partial charge in [-0.25, -0.2) is 0 Å². The third-order valence-corrected chi connectivity index (χ3v) is 3.61. The largest absolute Gasteiger partial charge is 0.299 e. The van der Waals surface area contributed by atoms with Gasteiger partial charge in [0.2, 0.25) is 0 Å². The predicted octanol–water partition coefficient (Wildman–Crippen LogP) is 4.74. The highest BCUT2D eigenvalue weighted by atomic mass is 16.1. The van der Waals surface area contributed by atoms with Gasteiger partial charge in [0, 0.05) is 0 Å². The van der Waals surface area contributed by atoms with E-state index in [0.717, 1.165) is 11.8 Å². The molecule has 0 heterocycles. The van der Waals surface area contributed by atoms with E-state index < -0.39 is 0 Å². The molecular formula is C18H20O. The van der Waals surface area contributed by atoms with Crippen molar-refractivity contribution in [3.63, 3.8) is 0 Å². The lowest BCUT2D eigenvalue weighted by atomic mass is 10.0. The minimum absolute atomic E-state index is 0.512. The topological polar surface area (TPSA) is 17.1 Å². The summed E-state index contributed by atoms with van der Waals surface area (Å²) in [6.07, 6.45) is 4.28. The molecule has 0 aromatic rings. The molecule has 0 amide bonds. The monoisotopic (exact) mass is 252 g/mol. The molecule has 0 bridgehead atoms. The molecule has 0 aliphatic heterocycles. The fourth-order valence-corrected chi connectivity index (χ4v) is 2.51. The highest BCUT2D eigenvalue weighted by Crippen LogP contribution is 2.36. The number of carbonyl (C=O) groups excluding carboxylic acids is 1. The van der Waals surface area contributed by atoms with E-state index in [2.05, 4.69) is 52.0 Å². The molecular weight excluding hydrogens is 232 g/mol. The first kappa shape index (κ1) is 13.5. The molecule has 98 valence electrons. The van der Waals surface area contributed by atoms with Gasteiger partial charge in [-0.15, -0.1) is 0 Å². The van der Waals surface area contributed by atoms with Gasteiger partial charge in [-0.3, -0.25) is 4.79 Å². The van der Waals surface area contributed by atoms with E-state index in [0.29, 0.717) is 5.92 Å². The molecule has 0 atom stereocenters.